The second-order valence-corrected chi connectivity index (χ2v) is 9.64. The third-order valence-electron chi connectivity index (χ3n) is 5.05. The molecule has 30 heavy (non-hydrogen) atoms. The molecule has 4 aromatic carbocycles. The summed E-state index contributed by atoms with van der Waals surface area (Å²) >= 11 is 1.61. The van der Waals surface area contributed by atoms with Gasteiger partial charge in [0.15, 0.2) is 0 Å². The van der Waals surface area contributed by atoms with Gasteiger partial charge in [-0.3, -0.25) is 0 Å². The summed E-state index contributed by atoms with van der Waals surface area (Å²) in [4.78, 5) is 0. The summed E-state index contributed by atoms with van der Waals surface area (Å²) in [5.41, 5.74) is -4.30. The number of hydrogen-bond acceptors (Lipinski definition) is 4. The van der Waals surface area contributed by atoms with Crippen LogP contribution < -0.4 is 4.18 Å². The predicted octanol–water partition coefficient (Wildman–Crippen LogP) is 6.90. The van der Waals surface area contributed by atoms with Crippen LogP contribution in [0.5, 0.6) is 5.75 Å². The van der Waals surface area contributed by atoms with Gasteiger partial charge in [0.2, 0.25) is 0 Å². The van der Waals surface area contributed by atoms with Gasteiger partial charge in [0.1, 0.15) is 5.75 Å². The van der Waals surface area contributed by atoms with Gasteiger partial charge in [-0.25, -0.2) is 0 Å². The van der Waals surface area contributed by atoms with E-state index >= 15 is 0 Å². The van der Waals surface area contributed by atoms with Gasteiger partial charge < -0.3 is 4.18 Å². The van der Waals surface area contributed by atoms with E-state index in [4.69, 9.17) is 0 Å². The van der Waals surface area contributed by atoms with Crippen LogP contribution in [0.3, 0.4) is 0 Å². The molecule has 0 aliphatic carbocycles. The minimum absolute atomic E-state index is 0.374. The highest BCUT2D eigenvalue weighted by Gasteiger charge is 2.48. The van der Waals surface area contributed by atoms with Gasteiger partial charge in [-0.15, -0.1) is 11.3 Å². The Kier molecular flexibility index (Phi) is 4.04. The Morgan fingerprint density at radius 3 is 1.90 bits per heavy atom. The van der Waals surface area contributed by atoms with Crippen LogP contribution in [0, 0.1) is 6.92 Å². The van der Waals surface area contributed by atoms with E-state index in [1.165, 1.54) is 17.7 Å². The van der Waals surface area contributed by atoms with Crippen LogP contribution in [0.25, 0.3) is 41.7 Å². The van der Waals surface area contributed by atoms with Crippen LogP contribution in [0.15, 0.2) is 60.7 Å². The number of hydrogen-bond donors (Lipinski definition) is 0. The van der Waals surface area contributed by atoms with Crippen molar-refractivity contribution in [2.75, 3.05) is 0 Å². The normalized spacial score (nSPS) is 12.9. The van der Waals surface area contributed by atoms with Crippen molar-refractivity contribution in [1.29, 1.82) is 0 Å². The zero-order chi connectivity index (χ0) is 21.3. The van der Waals surface area contributed by atoms with E-state index < -0.39 is 15.6 Å². The molecule has 5 rings (SSSR count). The fourth-order valence-electron chi connectivity index (χ4n) is 3.67. The standard InChI is InChI=1S/C22H13F3O3S2/c1-12-2-6-16-13(10-12)3-7-18-19-8-4-14-11-15(28-30(26,27)22(23,24)25)5-9-17(14)21(19)29-20(16)18/h2-11H,1H3. The molecule has 0 radical (unpaired) electrons. The lowest BCUT2D eigenvalue weighted by molar-refractivity contribution is -0.0500. The van der Waals surface area contributed by atoms with Gasteiger partial charge >= 0.3 is 15.6 Å². The summed E-state index contributed by atoms with van der Waals surface area (Å²) in [5, 5.41) is 5.86. The molecular weight excluding hydrogens is 433 g/mol. The summed E-state index contributed by atoms with van der Waals surface area (Å²) in [7, 11) is -5.71. The Labute approximate surface area is 173 Å². The smallest absolute Gasteiger partial charge is 0.376 e. The van der Waals surface area contributed by atoms with Crippen molar-refractivity contribution in [3.63, 3.8) is 0 Å². The van der Waals surface area contributed by atoms with Gasteiger partial charge in [0, 0.05) is 20.2 Å². The highest BCUT2D eigenvalue weighted by atomic mass is 32.2. The fraction of sp³-hybridized carbons (Fsp3) is 0.0909. The number of benzene rings is 4. The molecule has 0 N–H and O–H groups in total. The second kappa shape index (κ2) is 6.33. The molecule has 1 aromatic heterocycles. The van der Waals surface area contributed by atoms with Gasteiger partial charge in [-0.1, -0.05) is 48.0 Å². The molecule has 0 atom stereocenters. The van der Waals surface area contributed by atoms with Crippen molar-refractivity contribution in [3.8, 4) is 5.75 Å². The first-order valence-corrected chi connectivity index (χ1v) is 11.2. The van der Waals surface area contributed by atoms with E-state index in [-0.39, 0.29) is 5.75 Å². The van der Waals surface area contributed by atoms with Gasteiger partial charge in [0.05, 0.1) is 0 Å². The fourth-order valence-corrected chi connectivity index (χ4v) is 5.50. The maximum atomic E-state index is 12.6. The number of fused-ring (bicyclic) bond motifs is 7. The molecule has 0 fully saturated rings. The van der Waals surface area contributed by atoms with E-state index in [0.29, 0.717) is 5.39 Å². The number of aryl methyl sites for hydroxylation is 1. The monoisotopic (exact) mass is 446 g/mol. The van der Waals surface area contributed by atoms with E-state index in [9.17, 15) is 21.6 Å². The molecule has 3 nitrogen and oxygen atoms in total. The highest BCUT2D eigenvalue weighted by molar-refractivity contribution is 7.88. The van der Waals surface area contributed by atoms with Crippen LogP contribution in [-0.4, -0.2) is 13.9 Å². The first-order chi connectivity index (χ1) is 14.1. The van der Waals surface area contributed by atoms with E-state index in [1.807, 2.05) is 13.0 Å². The van der Waals surface area contributed by atoms with Crippen molar-refractivity contribution in [2.24, 2.45) is 0 Å². The maximum absolute atomic E-state index is 12.6. The number of rotatable bonds is 2. The third kappa shape index (κ3) is 2.90. The summed E-state index contributed by atoms with van der Waals surface area (Å²) in [6.07, 6.45) is 0. The molecule has 1 heterocycles. The molecule has 8 heteroatoms. The Balaban J connectivity index is 1.71. The molecular formula is C22H13F3O3S2. The largest absolute Gasteiger partial charge is 0.534 e. The van der Waals surface area contributed by atoms with E-state index in [1.54, 1.807) is 23.5 Å². The number of alkyl halides is 3. The van der Waals surface area contributed by atoms with Gasteiger partial charge in [0.25, 0.3) is 0 Å². The molecule has 0 saturated heterocycles. The third-order valence-corrected chi connectivity index (χ3v) is 7.32. The van der Waals surface area contributed by atoms with Gasteiger partial charge in [-0.2, -0.15) is 21.6 Å². The van der Waals surface area contributed by atoms with Crippen molar-refractivity contribution in [2.45, 2.75) is 12.4 Å². The maximum Gasteiger partial charge on any atom is 0.534 e. The van der Waals surface area contributed by atoms with Crippen LogP contribution in [0.2, 0.25) is 0 Å². The van der Waals surface area contributed by atoms with Crippen molar-refractivity contribution >= 4 is 63.2 Å². The van der Waals surface area contributed by atoms with Crippen LogP contribution >= 0.6 is 11.3 Å². The molecule has 0 amide bonds. The van der Waals surface area contributed by atoms with E-state index in [0.717, 1.165) is 36.3 Å². The predicted molar refractivity (Wildman–Crippen MR) is 115 cm³/mol. The minimum Gasteiger partial charge on any atom is -0.376 e. The molecule has 152 valence electrons. The first-order valence-electron chi connectivity index (χ1n) is 8.93. The molecule has 0 unspecified atom stereocenters. The lowest BCUT2D eigenvalue weighted by Crippen LogP contribution is -2.28. The molecule has 0 bridgehead atoms. The zero-order valence-electron chi connectivity index (χ0n) is 15.4. The van der Waals surface area contributed by atoms with E-state index in [2.05, 4.69) is 34.5 Å². The zero-order valence-corrected chi connectivity index (χ0v) is 17.1. The number of thiophene rings is 1. The topological polar surface area (TPSA) is 43.4 Å². The quantitative estimate of drug-likeness (QED) is 0.219. The van der Waals surface area contributed by atoms with Crippen molar-refractivity contribution < 1.29 is 25.8 Å². The average molecular weight is 446 g/mol. The lowest BCUT2D eigenvalue weighted by atomic mass is 10.0. The highest BCUT2D eigenvalue weighted by Crippen LogP contribution is 2.42. The molecule has 0 spiro atoms. The molecule has 0 saturated carbocycles. The van der Waals surface area contributed by atoms with Crippen LogP contribution in [0.1, 0.15) is 5.56 Å². The van der Waals surface area contributed by atoms with Crippen molar-refractivity contribution in [3.05, 3.63) is 66.2 Å². The summed E-state index contributed by atoms with van der Waals surface area (Å²) < 4.78 is 66.8. The SMILES string of the molecule is Cc1ccc2c(ccc3c4ccc5cc(OS(=O)(=O)C(F)(F)F)ccc5c4sc23)c1. The number of halogens is 3. The Morgan fingerprint density at radius 2 is 1.30 bits per heavy atom. The average Bonchev–Trinajstić information content (AvgIpc) is 3.05. The van der Waals surface area contributed by atoms with Gasteiger partial charge in [-0.05, 0) is 46.7 Å². The summed E-state index contributed by atoms with van der Waals surface area (Å²) in [5.74, 6) is -0.374. The lowest BCUT2D eigenvalue weighted by Gasteiger charge is -2.10. The van der Waals surface area contributed by atoms with Crippen LogP contribution in [0.4, 0.5) is 13.2 Å². The van der Waals surface area contributed by atoms with Crippen LogP contribution in [-0.2, 0) is 10.1 Å². The Morgan fingerprint density at radius 1 is 0.767 bits per heavy atom. The van der Waals surface area contributed by atoms with Crippen molar-refractivity contribution in [1.82, 2.24) is 0 Å². The molecule has 0 aliphatic heterocycles. The first kappa shape index (κ1) is 19.1. The Bertz CT molecular complexity index is 1580. The minimum atomic E-state index is -5.71. The second-order valence-electron chi connectivity index (χ2n) is 7.08. The Hall–Kier alpha value is -2.84. The summed E-state index contributed by atoms with van der Waals surface area (Å²) in [6.45, 7) is 2.04. The molecule has 0 aliphatic rings. The summed E-state index contributed by atoms with van der Waals surface area (Å²) in [6, 6.07) is 18.3. The molecule has 5 aromatic rings.